The number of aryl methyl sites for hydroxylation is 1. The van der Waals surface area contributed by atoms with E-state index in [1.54, 1.807) is 19.4 Å². The lowest BCUT2D eigenvalue weighted by Gasteiger charge is -2.03. The molecule has 1 heterocycles. The lowest BCUT2D eigenvalue weighted by molar-refractivity contribution is -0.131. The topological polar surface area (TPSA) is 84.1 Å². The van der Waals surface area contributed by atoms with E-state index in [2.05, 4.69) is 21.0 Å². The van der Waals surface area contributed by atoms with Gasteiger partial charge in [0.1, 0.15) is 17.4 Å². The standard InChI is InChI=1S/C17H15N3O3/c1-12-3-5-16(23-2)15(9-12)20-11-19-14-7-8-18-10-13(14)4-6-17(21)22/h3-10H,1-2H3,(H,21,22). The van der Waals surface area contributed by atoms with Gasteiger partial charge in [0, 0.05) is 24.0 Å². The number of aliphatic imine (C=N–C) groups is 2. The molecule has 0 aliphatic carbocycles. The van der Waals surface area contributed by atoms with Crippen LogP contribution in [0.25, 0.3) is 6.08 Å². The Morgan fingerprint density at radius 1 is 1.30 bits per heavy atom. The third-order valence-corrected chi connectivity index (χ3v) is 2.91. The zero-order valence-electron chi connectivity index (χ0n) is 12.7. The first kappa shape index (κ1) is 16.1. The van der Waals surface area contributed by atoms with Crippen molar-refractivity contribution in [2.24, 2.45) is 9.98 Å². The number of benzene rings is 1. The van der Waals surface area contributed by atoms with Crippen LogP contribution in [0, 0.1) is 6.92 Å². The second kappa shape index (κ2) is 7.68. The molecule has 0 saturated carbocycles. The number of aliphatic carboxylic acids is 1. The predicted octanol–water partition coefficient (Wildman–Crippen LogP) is 3.63. The monoisotopic (exact) mass is 309 g/mol. The van der Waals surface area contributed by atoms with Crippen LogP contribution in [0.4, 0.5) is 11.4 Å². The highest BCUT2D eigenvalue weighted by Crippen LogP contribution is 2.27. The van der Waals surface area contributed by atoms with E-state index in [9.17, 15) is 4.79 Å². The van der Waals surface area contributed by atoms with Gasteiger partial charge in [-0.1, -0.05) is 6.07 Å². The van der Waals surface area contributed by atoms with E-state index in [0.717, 1.165) is 11.6 Å². The molecular weight excluding hydrogens is 294 g/mol. The molecule has 0 aliphatic heterocycles. The van der Waals surface area contributed by atoms with Gasteiger partial charge in [-0.05, 0) is 36.8 Å². The maximum absolute atomic E-state index is 10.6. The average molecular weight is 309 g/mol. The number of hydrogen-bond donors (Lipinski definition) is 1. The number of hydrogen-bond acceptors (Lipinski definition) is 5. The average Bonchev–Trinajstić information content (AvgIpc) is 2.54. The Balaban J connectivity index is 2.34. The molecule has 0 saturated heterocycles. The van der Waals surface area contributed by atoms with E-state index in [1.807, 2.05) is 25.1 Å². The number of nitrogens with zero attached hydrogens (tertiary/aromatic N) is 3. The number of methoxy groups -OCH3 is 1. The molecule has 0 spiro atoms. The minimum absolute atomic E-state index is 0.521. The van der Waals surface area contributed by atoms with Crippen LogP contribution in [0.5, 0.6) is 5.75 Å². The molecule has 2 rings (SSSR count). The first-order valence-corrected chi connectivity index (χ1v) is 6.76. The third-order valence-electron chi connectivity index (χ3n) is 2.91. The molecule has 0 aliphatic rings. The van der Waals surface area contributed by atoms with Crippen molar-refractivity contribution < 1.29 is 14.6 Å². The molecule has 0 fully saturated rings. The maximum Gasteiger partial charge on any atom is 0.328 e. The van der Waals surface area contributed by atoms with Gasteiger partial charge >= 0.3 is 5.97 Å². The second-order valence-corrected chi connectivity index (χ2v) is 4.60. The van der Waals surface area contributed by atoms with Crippen LogP contribution in [0.3, 0.4) is 0 Å². The fourth-order valence-corrected chi connectivity index (χ4v) is 1.81. The van der Waals surface area contributed by atoms with Gasteiger partial charge in [-0.15, -0.1) is 0 Å². The molecule has 23 heavy (non-hydrogen) atoms. The molecular formula is C17H15N3O3. The number of carboxylic acids is 1. The Kier molecular flexibility index (Phi) is 5.39. The summed E-state index contributed by atoms with van der Waals surface area (Å²) in [6, 6.07) is 9.87. The van der Waals surface area contributed by atoms with Gasteiger partial charge in [0.2, 0.25) is 0 Å². The molecule has 1 N–H and O–H groups in total. The molecule has 6 nitrogen and oxygen atoms in total. The first-order chi connectivity index (χ1) is 11.1. The summed E-state index contributed by atoms with van der Waals surface area (Å²) < 4.78 is 5.23. The van der Waals surface area contributed by atoms with Crippen LogP contribution in [0.1, 0.15) is 11.1 Å². The van der Waals surface area contributed by atoms with Crippen LogP contribution in [0.15, 0.2) is 52.7 Å². The fourth-order valence-electron chi connectivity index (χ4n) is 1.81. The normalized spacial score (nSPS) is 10.2. The van der Waals surface area contributed by atoms with E-state index >= 15 is 0 Å². The van der Waals surface area contributed by atoms with E-state index in [1.165, 1.54) is 12.3 Å². The van der Waals surface area contributed by atoms with Crippen molar-refractivity contribution in [2.45, 2.75) is 6.92 Å². The summed E-state index contributed by atoms with van der Waals surface area (Å²) in [6.45, 7) is 1.95. The largest absolute Gasteiger partial charge is 0.494 e. The van der Waals surface area contributed by atoms with Crippen LogP contribution >= 0.6 is 0 Å². The van der Waals surface area contributed by atoms with Gasteiger partial charge in [-0.2, -0.15) is 9.98 Å². The zero-order valence-corrected chi connectivity index (χ0v) is 12.7. The first-order valence-electron chi connectivity index (χ1n) is 6.76. The fraction of sp³-hybridized carbons (Fsp3) is 0.118. The Morgan fingerprint density at radius 3 is 2.83 bits per heavy atom. The summed E-state index contributed by atoms with van der Waals surface area (Å²) in [5.74, 6) is -0.416. The Hall–Kier alpha value is -3.24. The molecule has 6 heteroatoms. The Morgan fingerprint density at radius 2 is 2.09 bits per heavy atom. The lowest BCUT2D eigenvalue weighted by Crippen LogP contribution is -1.86. The van der Waals surface area contributed by atoms with Crippen molar-refractivity contribution in [3.8, 4) is 5.75 Å². The number of aromatic nitrogens is 1. The van der Waals surface area contributed by atoms with Crippen molar-refractivity contribution in [1.29, 1.82) is 0 Å². The quantitative estimate of drug-likeness (QED) is 0.675. The molecule has 0 atom stereocenters. The molecule has 0 radical (unpaired) electrons. The third kappa shape index (κ3) is 4.62. The van der Waals surface area contributed by atoms with E-state index in [0.29, 0.717) is 22.7 Å². The predicted molar refractivity (Wildman–Crippen MR) is 87.8 cm³/mol. The van der Waals surface area contributed by atoms with Crippen LogP contribution in [0.2, 0.25) is 0 Å². The van der Waals surface area contributed by atoms with Crippen LogP contribution in [-0.4, -0.2) is 29.2 Å². The number of carboxylic acid groups (broad SMARTS) is 1. The Labute approximate surface area is 133 Å². The Bertz CT molecular complexity index is 806. The van der Waals surface area contributed by atoms with Gasteiger partial charge in [0.25, 0.3) is 0 Å². The van der Waals surface area contributed by atoms with Crippen molar-refractivity contribution in [3.63, 3.8) is 0 Å². The highest BCUT2D eigenvalue weighted by Gasteiger charge is 2.01. The smallest absolute Gasteiger partial charge is 0.328 e. The summed E-state index contributed by atoms with van der Waals surface area (Å²) in [6.07, 6.45) is 5.53. The summed E-state index contributed by atoms with van der Waals surface area (Å²) in [5, 5.41) is 8.69. The van der Waals surface area contributed by atoms with E-state index in [-0.39, 0.29) is 0 Å². The van der Waals surface area contributed by atoms with Crippen molar-refractivity contribution >= 4 is 29.4 Å². The number of ether oxygens (including phenoxy) is 1. The minimum Gasteiger partial charge on any atom is -0.494 e. The van der Waals surface area contributed by atoms with Crippen molar-refractivity contribution in [2.75, 3.05) is 7.11 Å². The van der Waals surface area contributed by atoms with E-state index < -0.39 is 5.97 Å². The highest BCUT2D eigenvalue weighted by molar-refractivity contribution is 5.86. The van der Waals surface area contributed by atoms with Crippen molar-refractivity contribution in [3.05, 3.63) is 53.9 Å². The molecule has 116 valence electrons. The summed E-state index contributed by atoms with van der Waals surface area (Å²) in [5.41, 5.74) is 2.75. The molecule has 0 amide bonds. The van der Waals surface area contributed by atoms with Crippen molar-refractivity contribution in [1.82, 2.24) is 4.98 Å². The number of rotatable bonds is 5. The van der Waals surface area contributed by atoms with Gasteiger partial charge in [0.05, 0.1) is 12.8 Å². The number of pyridine rings is 1. The van der Waals surface area contributed by atoms with E-state index in [4.69, 9.17) is 9.84 Å². The SMILES string of the molecule is COc1ccc(C)cc1N=C=Nc1ccncc1C=CC(=O)O. The summed E-state index contributed by atoms with van der Waals surface area (Å²) in [4.78, 5) is 22.8. The van der Waals surface area contributed by atoms with Gasteiger partial charge in [-0.3, -0.25) is 4.98 Å². The molecule has 1 aromatic carbocycles. The summed E-state index contributed by atoms with van der Waals surface area (Å²) >= 11 is 0. The zero-order chi connectivity index (χ0) is 16.7. The van der Waals surface area contributed by atoms with Gasteiger partial charge < -0.3 is 9.84 Å². The van der Waals surface area contributed by atoms with Crippen LogP contribution < -0.4 is 4.74 Å². The van der Waals surface area contributed by atoms with Gasteiger partial charge in [0.15, 0.2) is 0 Å². The lowest BCUT2D eigenvalue weighted by atomic mass is 10.2. The molecule has 2 aromatic rings. The maximum atomic E-state index is 10.6. The van der Waals surface area contributed by atoms with Crippen LogP contribution in [-0.2, 0) is 4.79 Å². The molecule has 1 aromatic heterocycles. The minimum atomic E-state index is -1.04. The molecule has 0 bridgehead atoms. The number of carbonyl (C=O) groups is 1. The van der Waals surface area contributed by atoms with Gasteiger partial charge in [-0.25, -0.2) is 4.79 Å². The second-order valence-electron chi connectivity index (χ2n) is 4.60. The molecule has 0 unspecified atom stereocenters. The summed E-state index contributed by atoms with van der Waals surface area (Å²) in [7, 11) is 1.57. The highest BCUT2D eigenvalue weighted by atomic mass is 16.5.